The Morgan fingerprint density at radius 1 is 0.875 bits per heavy atom. The zero-order valence-electron chi connectivity index (χ0n) is 14.1. The van der Waals surface area contributed by atoms with Crippen LogP contribution in [0.2, 0.25) is 0 Å². The molecule has 0 aromatic heterocycles. The molecular formula is C20H25FO3. The number of rotatable bonds is 10. The molecule has 2 aromatic rings. The summed E-state index contributed by atoms with van der Waals surface area (Å²) in [5.74, 6) is 0.0181. The Bertz CT molecular complexity index is 611. The standard InChI is InChI=1S/C20H25FO3/c1-2-3-4-5-12-23-13-14-24-20-11-8-17(15-19(20)21)16-6-9-18(22)10-7-16/h6-11,15,22H,2-5,12-14H2,1H3. The Balaban J connectivity index is 1.77. The Labute approximate surface area is 143 Å². The molecule has 0 unspecified atom stereocenters. The maximum absolute atomic E-state index is 14.1. The van der Waals surface area contributed by atoms with Crippen LogP contribution >= 0.6 is 0 Å². The zero-order valence-corrected chi connectivity index (χ0v) is 14.1. The van der Waals surface area contributed by atoms with E-state index in [1.807, 2.05) is 0 Å². The molecule has 24 heavy (non-hydrogen) atoms. The van der Waals surface area contributed by atoms with Gasteiger partial charge in [-0.25, -0.2) is 4.39 Å². The van der Waals surface area contributed by atoms with Crippen molar-refractivity contribution in [1.29, 1.82) is 0 Å². The maximum Gasteiger partial charge on any atom is 0.165 e. The third kappa shape index (κ3) is 5.85. The summed E-state index contributed by atoms with van der Waals surface area (Å²) in [6.45, 7) is 3.70. The minimum Gasteiger partial charge on any atom is -0.508 e. The molecule has 3 nitrogen and oxygen atoms in total. The van der Waals surface area contributed by atoms with Crippen LogP contribution in [0.5, 0.6) is 11.5 Å². The molecule has 0 atom stereocenters. The first-order valence-electron chi connectivity index (χ1n) is 8.50. The smallest absolute Gasteiger partial charge is 0.165 e. The van der Waals surface area contributed by atoms with Gasteiger partial charge in [-0.15, -0.1) is 0 Å². The van der Waals surface area contributed by atoms with Crippen LogP contribution in [0.3, 0.4) is 0 Å². The Morgan fingerprint density at radius 2 is 1.62 bits per heavy atom. The van der Waals surface area contributed by atoms with Crippen LogP contribution < -0.4 is 4.74 Å². The summed E-state index contributed by atoms with van der Waals surface area (Å²) in [6, 6.07) is 11.5. The van der Waals surface area contributed by atoms with Crippen molar-refractivity contribution in [2.24, 2.45) is 0 Å². The van der Waals surface area contributed by atoms with Crippen molar-refractivity contribution in [2.75, 3.05) is 19.8 Å². The van der Waals surface area contributed by atoms with Crippen LogP contribution in [0.25, 0.3) is 11.1 Å². The number of hydrogen-bond donors (Lipinski definition) is 1. The number of unbranched alkanes of at least 4 members (excludes halogenated alkanes) is 3. The van der Waals surface area contributed by atoms with Gasteiger partial charge in [0, 0.05) is 6.61 Å². The molecule has 0 saturated carbocycles. The molecule has 0 aliphatic rings. The molecule has 0 aliphatic heterocycles. The summed E-state index contributed by atoms with van der Waals surface area (Å²) in [4.78, 5) is 0. The molecule has 0 fully saturated rings. The lowest BCUT2D eigenvalue weighted by Gasteiger charge is -2.09. The van der Waals surface area contributed by atoms with E-state index in [4.69, 9.17) is 9.47 Å². The van der Waals surface area contributed by atoms with Crippen LogP contribution in [0.1, 0.15) is 32.6 Å². The summed E-state index contributed by atoms with van der Waals surface area (Å²) in [6.07, 6.45) is 4.69. The van der Waals surface area contributed by atoms with Crippen LogP contribution in [-0.2, 0) is 4.74 Å². The lowest BCUT2D eigenvalue weighted by molar-refractivity contribution is 0.0958. The minimum atomic E-state index is -0.400. The molecule has 0 amide bonds. The third-order valence-corrected chi connectivity index (χ3v) is 3.76. The Hall–Kier alpha value is -2.07. The van der Waals surface area contributed by atoms with E-state index in [0.717, 1.165) is 24.2 Å². The van der Waals surface area contributed by atoms with E-state index in [2.05, 4.69) is 6.92 Å². The van der Waals surface area contributed by atoms with E-state index in [1.165, 1.54) is 25.3 Å². The van der Waals surface area contributed by atoms with Crippen molar-refractivity contribution in [2.45, 2.75) is 32.6 Å². The average Bonchev–Trinajstić information content (AvgIpc) is 2.59. The highest BCUT2D eigenvalue weighted by Gasteiger charge is 2.06. The van der Waals surface area contributed by atoms with E-state index in [0.29, 0.717) is 13.2 Å². The van der Waals surface area contributed by atoms with Gasteiger partial charge in [-0.2, -0.15) is 0 Å². The molecule has 0 saturated heterocycles. The molecule has 0 radical (unpaired) electrons. The first-order valence-corrected chi connectivity index (χ1v) is 8.50. The molecule has 2 rings (SSSR count). The van der Waals surface area contributed by atoms with Gasteiger partial charge < -0.3 is 14.6 Å². The molecule has 0 heterocycles. The number of ether oxygens (including phenoxy) is 2. The molecular weight excluding hydrogens is 307 g/mol. The molecule has 0 aliphatic carbocycles. The van der Waals surface area contributed by atoms with Gasteiger partial charge in [0.05, 0.1) is 6.61 Å². The van der Waals surface area contributed by atoms with Gasteiger partial charge in [0.2, 0.25) is 0 Å². The quantitative estimate of drug-likeness (QED) is 0.610. The number of phenolic OH excluding ortho intramolecular Hbond substituents is 1. The van der Waals surface area contributed by atoms with Crippen LogP contribution in [0.15, 0.2) is 42.5 Å². The van der Waals surface area contributed by atoms with Crippen LogP contribution in [-0.4, -0.2) is 24.9 Å². The van der Waals surface area contributed by atoms with Crippen LogP contribution in [0.4, 0.5) is 4.39 Å². The van der Waals surface area contributed by atoms with Crippen LogP contribution in [0, 0.1) is 5.82 Å². The van der Waals surface area contributed by atoms with E-state index in [1.54, 1.807) is 36.4 Å². The van der Waals surface area contributed by atoms with Gasteiger partial charge in [-0.05, 0) is 41.8 Å². The van der Waals surface area contributed by atoms with Gasteiger partial charge in [-0.1, -0.05) is 44.4 Å². The molecule has 0 spiro atoms. The molecule has 0 bridgehead atoms. The Morgan fingerprint density at radius 3 is 2.33 bits per heavy atom. The second-order valence-electron chi connectivity index (χ2n) is 5.71. The highest BCUT2D eigenvalue weighted by molar-refractivity contribution is 5.65. The normalized spacial score (nSPS) is 10.8. The van der Waals surface area contributed by atoms with Gasteiger partial charge in [0.15, 0.2) is 11.6 Å². The minimum absolute atomic E-state index is 0.189. The number of phenols is 1. The molecule has 130 valence electrons. The lowest BCUT2D eigenvalue weighted by Crippen LogP contribution is -2.08. The second-order valence-corrected chi connectivity index (χ2v) is 5.71. The summed E-state index contributed by atoms with van der Waals surface area (Å²) < 4.78 is 25.0. The van der Waals surface area contributed by atoms with Crippen molar-refractivity contribution in [3.8, 4) is 22.6 Å². The Kier molecular flexibility index (Phi) is 7.56. The average molecular weight is 332 g/mol. The summed E-state index contributed by atoms with van der Waals surface area (Å²) >= 11 is 0. The van der Waals surface area contributed by atoms with Crippen molar-refractivity contribution < 1.29 is 19.0 Å². The number of halogens is 1. The molecule has 1 N–H and O–H groups in total. The fraction of sp³-hybridized carbons (Fsp3) is 0.400. The van der Waals surface area contributed by atoms with Gasteiger partial charge in [0.25, 0.3) is 0 Å². The second kappa shape index (κ2) is 9.93. The topological polar surface area (TPSA) is 38.7 Å². The highest BCUT2D eigenvalue weighted by atomic mass is 19.1. The number of hydrogen-bond acceptors (Lipinski definition) is 3. The van der Waals surface area contributed by atoms with Crippen molar-refractivity contribution >= 4 is 0 Å². The largest absolute Gasteiger partial charge is 0.508 e. The molecule has 4 heteroatoms. The maximum atomic E-state index is 14.1. The van der Waals surface area contributed by atoms with Gasteiger partial charge in [0.1, 0.15) is 12.4 Å². The first-order chi connectivity index (χ1) is 11.7. The highest BCUT2D eigenvalue weighted by Crippen LogP contribution is 2.26. The molecule has 2 aromatic carbocycles. The first kappa shape index (κ1) is 18.3. The van der Waals surface area contributed by atoms with E-state index >= 15 is 0 Å². The van der Waals surface area contributed by atoms with Gasteiger partial charge in [-0.3, -0.25) is 0 Å². The summed E-state index contributed by atoms with van der Waals surface area (Å²) in [5, 5.41) is 9.30. The van der Waals surface area contributed by atoms with Crippen molar-refractivity contribution in [1.82, 2.24) is 0 Å². The van der Waals surface area contributed by atoms with Crippen molar-refractivity contribution in [3.63, 3.8) is 0 Å². The predicted octanol–water partition coefficient (Wildman–Crippen LogP) is 5.17. The van der Waals surface area contributed by atoms with E-state index in [9.17, 15) is 9.50 Å². The fourth-order valence-electron chi connectivity index (χ4n) is 2.39. The van der Waals surface area contributed by atoms with Gasteiger partial charge >= 0.3 is 0 Å². The van der Waals surface area contributed by atoms with E-state index in [-0.39, 0.29) is 11.5 Å². The summed E-state index contributed by atoms with van der Waals surface area (Å²) in [7, 11) is 0. The zero-order chi connectivity index (χ0) is 17.2. The SMILES string of the molecule is CCCCCCOCCOc1ccc(-c2ccc(O)cc2)cc1F. The third-order valence-electron chi connectivity index (χ3n) is 3.76. The lowest BCUT2D eigenvalue weighted by atomic mass is 10.1. The van der Waals surface area contributed by atoms with Crippen molar-refractivity contribution in [3.05, 3.63) is 48.3 Å². The predicted molar refractivity (Wildman–Crippen MR) is 94.0 cm³/mol. The summed E-state index contributed by atoms with van der Waals surface area (Å²) in [5.41, 5.74) is 1.58. The number of aromatic hydroxyl groups is 1. The van der Waals surface area contributed by atoms with E-state index < -0.39 is 5.82 Å². The number of benzene rings is 2. The fourth-order valence-corrected chi connectivity index (χ4v) is 2.39. The monoisotopic (exact) mass is 332 g/mol.